The van der Waals surface area contributed by atoms with E-state index in [9.17, 15) is 14.7 Å². The minimum absolute atomic E-state index is 0.0696. The lowest BCUT2D eigenvalue weighted by molar-refractivity contribution is -0.147. The minimum atomic E-state index is -0.774. The number of carbonyl (C=O) groups is 3. The molecular weight excluding hydrogens is 623 g/mol. The molecule has 256 valence electrons. The average Bonchev–Trinajstić information content (AvgIpc) is 3.77. The molecule has 3 heterocycles. The van der Waals surface area contributed by atoms with E-state index in [4.69, 9.17) is 4.74 Å². The maximum absolute atomic E-state index is 15.1. The lowest BCUT2D eigenvalue weighted by Crippen LogP contribution is -2.59. The summed E-state index contributed by atoms with van der Waals surface area (Å²) in [5.41, 5.74) is 1.70. The molecule has 9 heteroatoms. The van der Waals surface area contributed by atoms with Gasteiger partial charge in [-0.3, -0.25) is 14.4 Å². The third kappa shape index (κ3) is 6.20. The van der Waals surface area contributed by atoms with Crippen LogP contribution in [0.5, 0.6) is 5.75 Å². The molecule has 1 aliphatic carbocycles. The van der Waals surface area contributed by atoms with Crippen molar-refractivity contribution in [1.29, 1.82) is 0 Å². The van der Waals surface area contributed by atoms with Crippen molar-refractivity contribution in [2.75, 3.05) is 31.2 Å². The zero-order chi connectivity index (χ0) is 33.8. The van der Waals surface area contributed by atoms with Crippen molar-refractivity contribution in [2.45, 2.75) is 86.4 Å². The normalized spacial score (nSPS) is 27.0. The van der Waals surface area contributed by atoms with Crippen LogP contribution < -0.4 is 9.64 Å². The highest BCUT2D eigenvalue weighted by atomic mass is 32.2. The molecule has 2 bridgehead atoms. The van der Waals surface area contributed by atoms with Crippen LogP contribution in [0.1, 0.15) is 57.4 Å². The number of rotatable bonds is 14. The van der Waals surface area contributed by atoms with Gasteiger partial charge in [0.1, 0.15) is 11.8 Å². The van der Waals surface area contributed by atoms with E-state index in [1.807, 2.05) is 66.4 Å². The van der Waals surface area contributed by atoms with Gasteiger partial charge in [0, 0.05) is 30.1 Å². The monoisotopic (exact) mass is 671 g/mol. The Morgan fingerprint density at radius 1 is 1.02 bits per heavy atom. The molecule has 3 amide bonds. The van der Waals surface area contributed by atoms with E-state index >= 15 is 4.79 Å². The van der Waals surface area contributed by atoms with Crippen molar-refractivity contribution in [3.63, 3.8) is 0 Å². The van der Waals surface area contributed by atoms with Crippen LogP contribution in [0.4, 0.5) is 5.69 Å². The largest absolute Gasteiger partial charge is 0.494 e. The first-order chi connectivity index (χ1) is 23.4. The van der Waals surface area contributed by atoms with Crippen molar-refractivity contribution in [3.8, 4) is 5.75 Å². The number of aliphatic hydroxyl groups is 1. The highest BCUT2D eigenvalue weighted by Gasteiger charge is 2.74. The first-order valence-electron chi connectivity index (χ1n) is 17.6. The van der Waals surface area contributed by atoms with Crippen LogP contribution in [-0.2, 0) is 20.8 Å². The van der Waals surface area contributed by atoms with Gasteiger partial charge in [0.05, 0.1) is 35.8 Å². The molecule has 1 spiro atoms. The van der Waals surface area contributed by atoms with Crippen LogP contribution >= 0.6 is 11.8 Å². The Morgan fingerprint density at radius 3 is 2.38 bits per heavy atom. The fourth-order valence-corrected chi connectivity index (χ4v) is 11.0. The maximum Gasteiger partial charge on any atom is 0.247 e. The number of ether oxygens (including phenoxy) is 1. The quantitative estimate of drug-likeness (QED) is 0.262. The van der Waals surface area contributed by atoms with Crippen LogP contribution in [0.15, 0.2) is 79.9 Å². The number of aliphatic hydroxyl groups excluding tert-OH is 1. The summed E-state index contributed by atoms with van der Waals surface area (Å²) in [4.78, 5) is 50.2. The molecule has 8 nitrogen and oxygen atoms in total. The molecule has 3 aliphatic heterocycles. The van der Waals surface area contributed by atoms with Crippen molar-refractivity contribution in [2.24, 2.45) is 11.8 Å². The minimum Gasteiger partial charge on any atom is -0.494 e. The highest BCUT2D eigenvalue weighted by Crippen LogP contribution is 2.67. The van der Waals surface area contributed by atoms with Gasteiger partial charge in [-0.1, -0.05) is 61.7 Å². The predicted molar refractivity (Wildman–Crippen MR) is 191 cm³/mol. The molecule has 1 N–H and O–H groups in total. The highest BCUT2D eigenvalue weighted by molar-refractivity contribution is 8.02. The van der Waals surface area contributed by atoms with E-state index in [0.717, 1.165) is 49.8 Å². The second-order valence-corrected chi connectivity index (χ2v) is 15.2. The van der Waals surface area contributed by atoms with Gasteiger partial charge in [0.2, 0.25) is 17.7 Å². The van der Waals surface area contributed by atoms with E-state index < -0.39 is 28.7 Å². The van der Waals surface area contributed by atoms with Gasteiger partial charge in [-0.15, -0.1) is 24.9 Å². The number of nitrogens with zero attached hydrogens (tertiary/aromatic N) is 3. The van der Waals surface area contributed by atoms with Crippen molar-refractivity contribution in [1.82, 2.24) is 9.80 Å². The Kier molecular flexibility index (Phi) is 10.7. The predicted octanol–water partition coefficient (Wildman–Crippen LogP) is 5.65. The van der Waals surface area contributed by atoms with Crippen molar-refractivity contribution < 1.29 is 24.2 Å². The average molecular weight is 672 g/mol. The van der Waals surface area contributed by atoms with Crippen molar-refractivity contribution >= 4 is 35.2 Å². The van der Waals surface area contributed by atoms with Crippen LogP contribution in [0.3, 0.4) is 0 Å². The molecule has 4 fully saturated rings. The molecule has 2 aromatic rings. The Balaban J connectivity index is 1.40. The topological polar surface area (TPSA) is 90.4 Å². The van der Waals surface area contributed by atoms with Crippen LogP contribution in [0.2, 0.25) is 0 Å². The number of likely N-dealkylation sites (tertiary alicyclic amines) is 1. The van der Waals surface area contributed by atoms with Gasteiger partial charge in [0.15, 0.2) is 0 Å². The fraction of sp³-hybridized carbons (Fsp3) is 0.513. The van der Waals surface area contributed by atoms with E-state index in [0.29, 0.717) is 38.2 Å². The third-order valence-electron chi connectivity index (χ3n) is 10.8. The summed E-state index contributed by atoms with van der Waals surface area (Å²) >= 11 is 1.68. The Morgan fingerprint density at radius 2 is 1.73 bits per heavy atom. The standard InChI is InChI=1S/C39H49N3O5S/c1-4-23-40(29-17-19-31(20-18-29)47-6-3)36(44)33-32-21-22-39(48-32)34(33)37(45)42(30(26-43)25-27-13-9-7-10-14-27)35(39)38(46)41(24-5-2)28-15-11-8-12-16-28/h4-5,7,9-10,13-14,17-20,28,30,32-35,43H,1-2,6,8,11-12,15-16,21-26H2,3H3/t30-,32+,33-,34+,35?,39?/m1/s1. The lowest BCUT2D eigenvalue weighted by atomic mass is 9.70. The smallest absolute Gasteiger partial charge is 0.247 e. The summed E-state index contributed by atoms with van der Waals surface area (Å²) in [7, 11) is 0. The molecule has 48 heavy (non-hydrogen) atoms. The number of carbonyl (C=O) groups excluding carboxylic acids is 3. The molecule has 2 unspecified atom stereocenters. The Labute approximate surface area is 289 Å². The number of amides is 3. The zero-order valence-electron chi connectivity index (χ0n) is 28.0. The molecule has 2 aromatic carbocycles. The molecule has 6 atom stereocenters. The van der Waals surface area contributed by atoms with E-state index in [1.54, 1.807) is 33.7 Å². The second-order valence-electron chi connectivity index (χ2n) is 13.6. The Hall–Kier alpha value is -3.56. The number of hydrogen-bond acceptors (Lipinski definition) is 6. The molecule has 6 rings (SSSR count). The van der Waals surface area contributed by atoms with Crippen LogP contribution in [-0.4, -0.2) is 87.1 Å². The third-order valence-corrected chi connectivity index (χ3v) is 12.8. The zero-order valence-corrected chi connectivity index (χ0v) is 28.9. The molecule has 4 aliphatic rings. The lowest BCUT2D eigenvalue weighted by Gasteiger charge is -2.42. The summed E-state index contributed by atoms with van der Waals surface area (Å²) in [6, 6.07) is 16.0. The number of benzene rings is 2. The number of fused-ring (bicyclic) bond motifs is 1. The first kappa shape index (κ1) is 34.3. The van der Waals surface area contributed by atoms with E-state index in [-0.39, 0.29) is 35.6 Å². The second kappa shape index (κ2) is 14.9. The van der Waals surface area contributed by atoms with E-state index in [2.05, 4.69) is 13.2 Å². The molecular formula is C39H49N3O5S. The summed E-state index contributed by atoms with van der Waals surface area (Å²) in [5.74, 6) is -0.923. The van der Waals surface area contributed by atoms with Gasteiger partial charge < -0.3 is 24.5 Å². The van der Waals surface area contributed by atoms with Crippen LogP contribution in [0.25, 0.3) is 0 Å². The first-order valence-corrected chi connectivity index (χ1v) is 18.5. The number of hydrogen-bond donors (Lipinski definition) is 1. The van der Waals surface area contributed by atoms with Gasteiger partial charge in [0.25, 0.3) is 0 Å². The summed E-state index contributed by atoms with van der Waals surface area (Å²) in [6.45, 7) is 10.8. The molecule has 0 aromatic heterocycles. The summed E-state index contributed by atoms with van der Waals surface area (Å²) < 4.78 is 4.88. The Bertz CT molecular complexity index is 1480. The van der Waals surface area contributed by atoms with Gasteiger partial charge >= 0.3 is 0 Å². The van der Waals surface area contributed by atoms with Crippen molar-refractivity contribution in [3.05, 3.63) is 85.5 Å². The number of thioether (sulfide) groups is 1. The maximum atomic E-state index is 15.1. The summed E-state index contributed by atoms with van der Waals surface area (Å²) in [5, 5.41) is 10.8. The number of anilines is 1. The van der Waals surface area contributed by atoms with Crippen LogP contribution in [0, 0.1) is 11.8 Å². The molecule has 3 saturated heterocycles. The molecule has 1 saturated carbocycles. The van der Waals surface area contributed by atoms with Gasteiger partial charge in [-0.25, -0.2) is 0 Å². The van der Waals surface area contributed by atoms with E-state index in [1.165, 1.54) is 0 Å². The fourth-order valence-electron chi connectivity index (χ4n) is 8.81. The summed E-state index contributed by atoms with van der Waals surface area (Å²) in [6.07, 6.45) is 10.5. The SMILES string of the molecule is C=CCN(C(=O)[C@@H]1[C@@H]2CCC3(S2)C(C(=O)N(CC=C)C2CCCCC2)N([C@@H](CO)Cc2ccccc2)C(=O)[C@H]13)c1ccc(OCC)cc1. The van der Waals surface area contributed by atoms with Gasteiger partial charge in [-0.05, 0) is 68.9 Å². The van der Waals surface area contributed by atoms with Gasteiger partial charge in [-0.2, -0.15) is 0 Å². The molecule has 0 radical (unpaired) electrons.